The molecule has 3 heterocycles. The zero-order chi connectivity index (χ0) is 19.2. The molecule has 0 amide bonds. The summed E-state index contributed by atoms with van der Waals surface area (Å²) in [4.78, 5) is 28.3. The van der Waals surface area contributed by atoms with Crippen LogP contribution in [0.1, 0.15) is 24.0 Å². The molecule has 1 saturated heterocycles. The van der Waals surface area contributed by atoms with Gasteiger partial charge in [0.15, 0.2) is 5.82 Å². The summed E-state index contributed by atoms with van der Waals surface area (Å²) >= 11 is 0. The fourth-order valence-corrected chi connectivity index (χ4v) is 3.73. The van der Waals surface area contributed by atoms with Crippen molar-refractivity contribution in [1.29, 1.82) is 0 Å². The second-order valence-corrected chi connectivity index (χ2v) is 7.33. The number of pyridine rings is 1. The molecule has 28 heavy (non-hydrogen) atoms. The number of aromatic nitrogens is 3. The van der Waals surface area contributed by atoms with E-state index in [1.54, 1.807) is 6.20 Å². The molecule has 142 valence electrons. The van der Waals surface area contributed by atoms with E-state index in [0.29, 0.717) is 18.0 Å². The molecule has 1 atom stereocenters. The molecule has 1 aliphatic rings. The van der Waals surface area contributed by atoms with Crippen LogP contribution in [0, 0.1) is 5.92 Å². The van der Waals surface area contributed by atoms with Gasteiger partial charge in [-0.15, -0.1) is 0 Å². The zero-order valence-electron chi connectivity index (χ0n) is 15.9. The van der Waals surface area contributed by atoms with Crippen molar-refractivity contribution in [3.8, 4) is 11.5 Å². The molecule has 0 spiro atoms. The lowest BCUT2D eigenvalue weighted by atomic mass is 9.90. The Morgan fingerprint density at radius 1 is 0.964 bits per heavy atom. The lowest BCUT2D eigenvalue weighted by Crippen LogP contribution is -2.38. The highest BCUT2D eigenvalue weighted by atomic mass is 16.1. The number of hydrogen-bond donors (Lipinski definition) is 0. The summed E-state index contributed by atoms with van der Waals surface area (Å²) in [5.74, 6) is 1.10. The Bertz CT molecular complexity index is 897. The summed E-state index contributed by atoms with van der Waals surface area (Å²) in [6, 6.07) is 15.7. The molecule has 1 unspecified atom stereocenters. The highest BCUT2D eigenvalue weighted by molar-refractivity contribution is 5.83. The third-order valence-corrected chi connectivity index (χ3v) is 5.19. The van der Waals surface area contributed by atoms with Crippen molar-refractivity contribution in [3.05, 3.63) is 78.2 Å². The van der Waals surface area contributed by atoms with Crippen molar-refractivity contribution < 1.29 is 4.79 Å². The van der Waals surface area contributed by atoms with E-state index >= 15 is 0 Å². The van der Waals surface area contributed by atoms with Crippen LogP contribution in [0.25, 0.3) is 11.5 Å². The minimum Gasteiger partial charge on any atom is -0.299 e. The quantitative estimate of drug-likeness (QED) is 0.662. The minimum absolute atomic E-state index is 0.114. The maximum absolute atomic E-state index is 12.7. The molecule has 5 nitrogen and oxygen atoms in total. The van der Waals surface area contributed by atoms with Gasteiger partial charge < -0.3 is 0 Å². The molecule has 0 N–H and O–H groups in total. The molecule has 0 aliphatic carbocycles. The molecule has 2 aromatic heterocycles. The van der Waals surface area contributed by atoms with Crippen molar-refractivity contribution in [2.24, 2.45) is 5.92 Å². The van der Waals surface area contributed by atoms with E-state index in [-0.39, 0.29) is 5.92 Å². The number of rotatable bonds is 6. The van der Waals surface area contributed by atoms with Gasteiger partial charge in [0.1, 0.15) is 11.5 Å². The standard InChI is InChI=1S/C23H24N4O/c28-22(13-18-7-2-1-3-8-18)20-9-6-12-27(17-20)16-19-14-25-23(26-15-19)21-10-4-5-11-24-21/h1-5,7-8,10-11,14-15,20H,6,9,12-13,16-17H2. The first kappa shape index (κ1) is 18.4. The Kier molecular flexibility index (Phi) is 5.83. The monoisotopic (exact) mass is 372 g/mol. The number of ketones is 1. The summed E-state index contributed by atoms with van der Waals surface area (Å²) in [7, 11) is 0. The van der Waals surface area contributed by atoms with Crippen LogP contribution in [-0.2, 0) is 17.8 Å². The molecular formula is C23H24N4O. The van der Waals surface area contributed by atoms with E-state index in [4.69, 9.17) is 0 Å². The minimum atomic E-state index is 0.114. The van der Waals surface area contributed by atoms with E-state index in [1.807, 2.05) is 60.9 Å². The number of benzene rings is 1. The van der Waals surface area contributed by atoms with Gasteiger partial charge in [-0.3, -0.25) is 14.7 Å². The number of Topliss-reactive ketones (excluding diaryl/α,β-unsaturated/α-hetero) is 1. The second kappa shape index (κ2) is 8.85. The van der Waals surface area contributed by atoms with Crippen LogP contribution in [0.5, 0.6) is 0 Å². The van der Waals surface area contributed by atoms with Gasteiger partial charge >= 0.3 is 0 Å². The van der Waals surface area contributed by atoms with Crippen LogP contribution < -0.4 is 0 Å². The topological polar surface area (TPSA) is 59.0 Å². The van der Waals surface area contributed by atoms with Gasteiger partial charge in [-0.2, -0.15) is 0 Å². The van der Waals surface area contributed by atoms with Crippen LogP contribution >= 0.6 is 0 Å². The average Bonchev–Trinajstić information content (AvgIpc) is 2.76. The lowest BCUT2D eigenvalue weighted by Gasteiger charge is -2.31. The SMILES string of the molecule is O=C(Cc1ccccc1)C1CCCN(Cc2cnc(-c3ccccn3)nc2)C1. The fraction of sp³-hybridized carbons (Fsp3) is 0.304. The zero-order valence-corrected chi connectivity index (χ0v) is 15.9. The maximum Gasteiger partial charge on any atom is 0.178 e. The van der Waals surface area contributed by atoms with Gasteiger partial charge in [0.05, 0.1) is 0 Å². The van der Waals surface area contributed by atoms with Crippen LogP contribution in [-0.4, -0.2) is 38.7 Å². The summed E-state index contributed by atoms with van der Waals surface area (Å²) < 4.78 is 0. The van der Waals surface area contributed by atoms with Gasteiger partial charge in [0.25, 0.3) is 0 Å². The van der Waals surface area contributed by atoms with E-state index in [0.717, 1.165) is 49.3 Å². The Balaban J connectivity index is 1.35. The predicted molar refractivity (Wildman–Crippen MR) is 108 cm³/mol. The van der Waals surface area contributed by atoms with Gasteiger partial charge in [-0.05, 0) is 37.1 Å². The molecule has 0 bridgehead atoms. The largest absolute Gasteiger partial charge is 0.299 e. The molecule has 1 fully saturated rings. The molecule has 5 heteroatoms. The number of carbonyl (C=O) groups is 1. The Hall–Kier alpha value is -2.92. The highest BCUT2D eigenvalue weighted by Crippen LogP contribution is 2.21. The molecule has 1 aliphatic heterocycles. The van der Waals surface area contributed by atoms with Gasteiger partial charge in [-0.25, -0.2) is 9.97 Å². The van der Waals surface area contributed by atoms with Crippen molar-refractivity contribution in [2.75, 3.05) is 13.1 Å². The molecule has 4 rings (SSSR count). The van der Waals surface area contributed by atoms with Crippen molar-refractivity contribution in [3.63, 3.8) is 0 Å². The first-order chi connectivity index (χ1) is 13.8. The highest BCUT2D eigenvalue weighted by Gasteiger charge is 2.25. The predicted octanol–water partition coefficient (Wildman–Crippen LogP) is 3.56. The first-order valence-electron chi connectivity index (χ1n) is 9.79. The summed E-state index contributed by atoms with van der Waals surface area (Å²) in [6.07, 6.45) is 8.04. The van der Waals surface area contributed by atoms with Crippen LogP contribution in [0.15, 0.2) is 67.1 Å². The normalized spacial score (nSPS) is 17.4. The fourth-order valence-electron chi connectivity index (χ4n) is 3.73. The second-order valence-electron chi connectivity index (χ2n) is 7.33. The van der Waals surface area contributed by atoms with Crippen LogP contribution in [0.4, 0.5) is 0 Å². The number of likely N-dealkylation sites (tertiary alicyclic amines) is 1. The summed E-state index contributed by atoms with van der Waals surface area (Å²) in [5.41, 5.74) is 2.94. The van der Waals surface area contributed by atoms with Gasteiger partial charge in [0.2, 0.25) is 0 Å². The molecular weight excluding hydrogens is 348 g/mol. The van der Waals surface area contributed by atoms with Crippen LogP contribution in [0.3, 0.4) is 0 Å². The number of carbonyl (C=O) groups excluding carboxylic acids is 1. The number of hydrogen-bond acceptors (Lipinski definition) is 5. The van der Waals surface area contributed by atoms with Crippen molar-refractivity contribution in [2.45, 2.75) is 25.8 Å². The number of piperidine rings is 1. The molecule has 3 aromatic rings. The summed E-state index contributed by atoms with van der Waals surface area (Å²) in [5, 5.41) is 0. The maximum atomic E-state index is 12.7. The van der Waals surface area contributed by atoms with Gasteiger partial charge in [0, 0.05) is 49.6 Å². The van der Waals surface area contributed by atoms with Crippen LogP contribution in [0.2, 0.25) is 0 Å². The summed E-state index contributed by atoms with van der Waals surface area (Å²) in [6.45, 7) is 2.60. The van der Waals surface area contributed by atoms with E-state index in [9.17, 15) is 4.79 Å². The smallest absolute Gasteiger partial charge is 0.178 e. The van der Waals surface area contributed by atoms with E-state index < -0.39 is 0 Å². The molecule has 1 aromatic carbocycles. The van der Waals surface area contributed by atoms with E-state index in [1.165, 1.54) is 0 Å². The van der Waals surface area contributed by atoms with Crippen molar-refractivity contribution >= 4 is 5.78 Å². The van der Waals surface area contributed by atoms with Crippen molar-refractivity contribution in [1.82, 2.24) is 19.9 Å². The van der Waals surface area contributed by atoms with E-state index in [2.05, 4.69) is 19.9 Å². The first-order valence-corrected chi connectivity index (χ1v) is 9.79. The Morgan fingerprint density at radius 2 is 1.75 bits per heavy atom. The lowest BCUT2D eigenvalue weighted by molar-refractivity contribution is -0.123. The third kappa shape index (κ3) is 4.67. The Labute approximate surface area is 165 Å². The number of nitrogens with zero attached hydrogens (tertiary/aromatic N) is 4. The Morgan fingerprint density at radius 3 is 2.50 bits per heavy atom. The third-order valence-electron chi connectivity index (χ3n) is 5.19. The molecule has 0 saturated carbocycles. The average molecular weight is 372 g/mol. The molecule has 0 radical (unpaired) electrons. The van der Waals surface area contributed by atoms with Gasteiger partial charge in [-0.1, -0.05) is 36.4 Å².